The normalized spacial score (nSPS) is 11.1. The molecule has 2 aromatic rings. The third-order valence-electron chi connectivity index (χ3n) is 2.53. The molecule has 1 heterocycles. The van der Waals surface area contributed by atoms with Gasteiger partial charge >= 0.3 is 5.97 Å². The van der Waals surface area contributed by atoms with E-state index < -0.39 is 5.97 Å². The number of aryl methyl sites for hydroxylation is 1. The Balaban J connectivity index is 2.49. The van der Waals surface area contributed by atoms with Gasteiger partial charge in [0, 0.05) is 12.6 Å². The molecule has 19 heavy (non-hydrogen) atoms. The second-order valence-electron chi connectivity index (χ2n) is 3.98. The van der Waals surface area contributed by atoms with Crippen molar-refractivity contribution in [3.05, 3.63) is 22.4 Å². The predicted octanol–water partition coefficient (Wildman–Crippen LogP) is 3.52. The van der Waals surface area contributed by atoms with Crippen LogP contribution in [0, 0.1) is 5.82 Å². The van der Waals surface area contributed by atoms with E-state index in [0.29, 0.717) is 15.1 Å². The number of rotatable bonds is 5. The highest BCUT2D eigenvalue weighted by molar-refractivity contribution is 9.10. The van der Waals surface area contributed by atoms with Crippen LogP contribution < -0.4 is 0 Å². The average Bonchev–Trinajstić information content (AvgIpc) is 2.66. The lowest BCUT2D eigenvalue weighted by molar-refractivity contribution is -0.133. The Morgan fingerprint density at radius 2 is 2.32 bits per heavy atom. The van der Waals surface area contributed by atoms with Crippen molar-refractivity contribution in [1.29, 1.82) is 0 Å². The number of hydrogen-bond acceptors (Lipinski definition) is 3. The zero-order valence-corrected chi connectivity index (χ0v) is 12.6. The number of carboxylic acids is 1. The summed E-state index contributed by atoms with van der Waals surface area (Å²) in [5.41, 5.74) is 1.35. The standard InChI is InChI=1S/C12H12BrFN2O2S/c1-2-3-16-10-4-7(13)8(14)5-9(10)15-12(16)19-6-11(17)18/h4-5H,2-3,6H2,1H3,(H,17,18). The maximum atomic E-state index is 13.5. The maximum Gasteiger partial charge on any atom is 0.313 e. The number of aromatic nitrogens is 2. The molecule has 1 aromatic heterocycles. The summed E-state index contributed by atoms with van der Waals surface area (Å²) >= 11 is 4.30. The lowest BCUT2D eigenvalue weighted by Crippen LogP contribution is -2.03. The van der Waals surface area contributed by atoms with Crippen LogP contribution >= 0.6 is 27.7 Å². The molecule has 2 rings (SSSR count). The van der Waals surface area contributed by atoms with Crippen LogP contribution in [0.3, 0.4) is 0 Å². The van der Waals surface area contributed by atoms with Gasteiger partial charge in [-0.1, -0.05) is 18.7 Å². The smallest absolute Gasteiger partial charge is 0.313 e. The van der Waals surface area contributed by atoms with Crippen LogP contribution in [0.25, 0.3) is 11.0 Å². The molecule has 0 spiro atoms. The first kappa shape index (κ1) is 14.3. The van der Waals surface area contributed by atoms with Crippen LogP contribution in [0.15, 0.2) is 21.8 Å². The van der Waals surface area contributed by atoms with Crippen LogP contribution in [0.5, 0.6) is 0 Å². The minimum absolute atomic E-state index is 0.0588. The highest BCUT2D eigenvalue weighted by Gasteiger charge is 2.14. The molecule has 0 atom stereocenters. The number of fused-ring (bicyclic) bond motifs is 1. The Hall–Kier alpha value is -1.08. The van der Waals surface area contributed by atoms with Crippen LogP contribution in [0.4, 0.5) is 4.39 Å². The highest BCUT2D eigenvalue weighted by Crippen LogP contribution is 2.28. The van der Waals surface area contributed by atoms with Gasteiger partial charge in [0.05, 0.1) is 21.3 Å². The van der Waals surface area contributed by atoms with Gasteiger partial charge in [0.1, 0.15) is 5.82 Å². The highest BCUT2D eigenvalue weighted by atomic mass is 79.9. The van der Waals surface area contributed by atoms with E-state index in [-0.39, 0.29) is 11.6 Å². The zero-order valence-electron chi connectivity index (χ0n) is 10.2. The minimum atomic E-state index is -0.896. The van der Waals surface area contributed by atoms with Crippen LogP contribution in [-0.2, 0) is 11.3 Å². The van der Waals surface area contributed by atoms with Gasteiger partial charge in [0.2, 0.25) is 0 Å². The van der Waals surface area contributed by atoms with Crippen molar-refractivity contribution in [2.75, 3.05) is 5.75 Å². The van der Waals surface area contributed by atoms with Crippen molar-refractivity contribution >= 4 is 44.7 Å². The number of benzene rings is 1. The van der Waals surface area contributed by atoms with Crippen molar-refractivity contribution < 1.29 is 14.3 Å². The van der Waals surface area contributed by atoms with Crippen molar-refractivity contribution in [1.82, 2.24) is 9.55 Å². The van der Waals surface area contributed by atoms with E-state index in [9.17, 15) is 9.18 Å². The quantitative estimate of drug-likeness (QED) is 0.841. The van der Waals surface area contributed by atoms with E-state index in [1.165, 1.54) is 6.07 Å². The molecule has 0 aliphatic heterocycles. The summed E-state index contributed by atoms with van der Waals surface area (Å²) in [6.45, 7) is 2.74. The molecular formula is C12H12BrFN2O2S. The topological polar surface area (TPSA) is 55.1 Å². The van der Waals surface area contributed by atoms with Crippen LogP contribution in [0.2, 0.25) is 0 Å². The number of carbonyl (C=O) groups is 1. The summed E-state index contributed by atoms with van der Waals surface area (Å²) in [6.07, 6.45) is 0.890. The van der Waals surface area contributed by atoms with Crippen molar-refractivity contribution in [2.45, 2.75) is 25.0 Å². The minimum Gasteiger partial charge on any atom is -0.481 e. The van der Waals surface area contributed by atoms with E-state index >= 15 is 0 Å². The Kier molecular flexibility index (Phi) is 4.46. The third-order valence-corrected chi connectivity index (χ3v) is 4.10. The second kappa shape index (κ2) is 5.92. The second-order valence-corrected chi connectivity index (χ2v) is 5.78. The molecule has 0 aliphatic rings. The predicted molar refractivity (Wildman–Crippen MR) is 76.0 cm³/mol. The molecule has 0 aliphatic carbocycles. The molecule has 0 saturated carbocycles. The summed E-state index contributed by atoms with van der Waals surface area (Å²) in [5, 5.41) is 9.34. The SMILES string of the molecule is CCCn1c(SCC(=O)O)nc2cc(F)c(Br)cc21. The Labute approximate surface area is 122 Å². The molecule has 0 fully saturated rings. The number of aliphatic carboxylic acids is 1. The van der Waals surface area contributed by atoms with Crippen molar-refractivity contribution in [2.24, 2.45) is 0 Å². The number of hydrogen-bond donors (Lipinski definition) is 1. The molecule has 1 N–H and O–H groups in total. The molecule has 1 aromatic carbocycles. The summed E-state index contributed by atoms with van der Waals surface area (Å²) in [7, 11) is 0. The summed E-state index contributed by atoms with van der Waals surface area (Å²) in [6, 6.07) is 3.04. The van der Waals surface area contributed by atoms with Gasteiger partial charge < -0.3 is 9.67 Å². The molecule has 102 valence electrons. The molecule has 0 amide bonds. The van der Waals surface area contributed by atoms with Gasteiger partial charge in [0.15, 0.2) is 5.16 Å². The van der Waals surface area contributed by atoms with E-state index in [2.05, 4.69) is 20.9 Å². The zero-order chi connectivity index (χ0) is 14.0. The lowest BCUT2D eigenvalue weighted by atomic mass is 10.3. The number of thioether (sulfide) groups is 1. The fourth-order valence-electron chi connectivity index (χ4n) is 1.77. The van der Waals surface area contributed by atoms with Gasteiger partial charge in [-0.05, 0) is 28.4 Å². The van der Waals surface area contributed by atoms with E-state index in [0.717, 1.165) is 30.2 Å². The first-order valence-electron chi connectivity index (χ1n) is 5.72. The monoisotopic (exact) mass is 346 g/mol. The maximum absolute atomic E-state index is 13.5. The molecule has 0 unspecified atom stereocenters. The van der Waals surface area contributed by atoms with Gasteiger partial charge in [-0.15, -0.1) is 0 Å². The molecule has 0 saturated heterocycles. The average molecular weight is 347 g/mol. The van der Waals surface area contributed by atoms with Gasteiger partial charge in [0.25, 0.3) is 0 Å². The van der Waals surface area contributed by atoms with E-state index in [1.54, 1.807) is 6.07 Å². The summed E-state index contributed by atoms with van der Waals surface area (Å²) in [4.78, 5) is 14.9. The first-order valence-corrected chi connectivity index (χ1v) is 7.50. The number of imidazole rings is 1. The summed E-state index contributed by atoms with van der Waals surface area (Å²) in [5.74, 6) is -1.33. The Morgan fingerprint density at radius 1 is 1.58 bits per heavy atom. The number of carboxylic acid groups (broad SMARTS) is 1. The van der Waals surface area contributed by atoms with Crippen LogP contribution in [-0.4, -0.2) is 26.4 Å². The van der Waals surface area contributed by atoms with E-state index in [1.807, 2.05) is 11.5 Å². The van der Waals surface area contributed by atoms with Gasteiger partial charge in [-0.2, -0.15) is 0 Å². The molecule has 7 heteroatoms. The molecular weight excluding hydrogens is 335 g/mol. The lowest BCUT2D eigenvalue weighted by Gasteiger charge is -2.06. The van der Waals surface area contributed by atoms with Crippen molar-refractivity contribution in [3.8, 4) is 0 Å². The van der Waals surface area contributed by atoms with E-state index in [4.69, 9.17) is 5.11 Å². The van der Waals surface area contributed by atoms with Gasteiger partial charge in [-0.3, -0.25) is 4.79 Å². The number of halogens is 2. The van der Waals surface area contributed by atoms with Crippen molar-refractivity contribution in [3.63, 3.8) is 0 Å². The largest absolute Gasteiger partial charge is 0.481 e. The fourth-order valence-corrected chi connectivity index (χ4v) is 2.87. The Morgan fingerprint density at radius 3 is 2.95 bits per heavy atom. The molecule has 0 radical (unpaired) electrons. The molecule has 4 nitrogen and oxygen atoms in total. The summed E-state index contributed by atoms with van der Waals surface area (Å²) < 4.78 is 15.8. The third kappa shape index (κ3) is 3.09. The first-order chi connectivity index (χ1) is 9.02. The van der Waals surface area contributed by atoms with Gasteiger partial charge in [-0.25, -0.2) is 9.37 Å². The fraction of sp³-hybridized carbons (Fsp3) is 0.333. The Bertz CT molecular complexity index is 630. The number of nitrogens with zero attached hydrogens (tertiary/aromatic N) is 2. The van der Waals surface area contributed by atoms with Crippen LogP contribution in [0.1, 0.15) is 13.3 Å². The molecule has 0 bridgehead atoms.